The normalized spacial score (nSPS) is 10.6. The van der Waals surface area contributed by atoms with Crippen molar-refractivity contribution < 1.29 is 28.6 Å². The Balaban J connectivity index is 1.55. The summed E-state index contributed by atoms with van der Waals surface area (Å²) in [6.07, 6.45) is 1.70. The number of Topliss-reactive ketones (excluding diaryl/α,β-unsaturated/α-hetero) is 1. The summed E-state index contributed by atoms with van der Waals surface area (Å²) in [4.78, 5) is 41.5. The highest BCUT2D eigenvalue weighted by atomic mass is 32.1. The zero-order chi connectivity index (χ0) is 24.7. The van der Waals surface area contributed by atoms with Crippen LogP contribution in [0.3, 0.4) is 0 Å². The highest BCUT2D eigenvalue weighted by Gasteiger charge is 2.19. The topological polar surface area (TPSA) is 109 Å². The number of thiazole rings is 1. The minimum atomic E-state index is -0.716. The van der Waals surface area contributed by atoms with Gasteiger partial charge in [0.15, 0.2) is 23.2 Å². The van der Waals surface area contributed by atoms with Crippen LogP contribution in [-0.2, 0) is 9.53 Å². The average molecular weight is 486 g/mol. The van der Waals surface area contributed by atoms with E-state index in [0.717, 1.165) is 16.5 Å². The van der Waals surface area contributed by atoms with Crippen LogP contribution in [0.25, 0.3) is 5.13 Å². The fourth-order valence-electron chi connectivity index (χ4n) is 3.39. The molecule has 180 valence electrons. The highest BCUT2D eigenvalue weighted by Crippen LogP contribution is 2.28. The molecule has 2 aromatic heterocycles. The first kappa shape index (κ1) is 25.0. The molecular formula is C24H27N3O6S. The first-order valence-electron chi connectivity index (χ1n) is 10.8. The van der Waals surface area contributed by atoms with Crippen LogP contribution in [-0.4, -0.2) is 53.6 Å². The number of amides is 1. The Morgan fingerprint density at radius 3 is 2.47 bits per heavy atom. The van der Waals surface area contributed by atoms with E-state index >= 15 is 0 Å². The van der Waals surface area contributed by atoms with Crippen LogP contribution in [0.2, 0.25) is 0 Å². The zero-order valence-electron chi connectivity index (χ0n) is 19.5. The summed E-state index contributed by atoms with van der Waals surface area (Å²) >= 11 is 1.46. The van der Waals surface area contributed by atoms with E-state index in [2.05, 4.69) is 10.3 Å². The van der Waals surface area contributed by atoms with Crippen molar-refractivity contribution >= 4 is 29.0 Å². The van der Waals surface area contributed by atoms with E-state index in [1.165, 1.54) is 11.3 Å². The van der Waals surface area contributed by atoms with E-state index in [4.69, 9.17) is 14.2 Å². The Morgan fingerprint density at radius 1 is 1.06 bits per heavy atom. The lowest BCUT2D eigenvalue weighted by molar-refractivity contribution is -0.141. The first-order valence-corrected chi connectivity index (χ1v) is 11.7. The maximum Gasteiger partial charge on any atom is 0.325 e. The maximum absolute atomic E-state index is 12.6. The number of nitrogens with one attached hydrogen (secondary N) is 1. The Bertz CT molecular complexity index is 1170. The predicted octanol–water partition coefficient (Wildman–Crippen LogP) is 3.50. The van der Waals surface area contributed by atoms with E-state index in [1.807, 2.05) is 37.6 Å². The third-order valence-electron chi connectivity index (χ3n) is 4.91. The molecule has 0 bridgehead atoms. The van der Waals surface area contributed by atoms with Crippen molar-refractivity contribution in [1.29, 1.82) is 0 Å². The van der Waals surface area contributed by atoms with Crippen molar-refractivity contribution in [2.75, 3.05) is 26.4 Å². The van der Waals surface area contributed by atoms with Crippen molar-refractivity contribution in [2.45, 2.75) is 27.7 Å². The Morgan fingerprint density at radius 2 is 1.79 bits per heavy atom. The molecule has 10 heteroatoms. The summed E-state index contributed by atoms with van der Waals surface area (Å²) in [6.45, 7) is 7.46. The number of benzene rings is 1. The molecule has 0 aliphatic heterocycles. The van der Waals surface area contributed by atoms with Gasteiger partial charge >= 0.3 is 5.97 Å². The molecule has 1 N–H and O–H groups in total. The minimum Gasteiger partial charge on any atom is -0.490 e. The van der Waals surface area contributed by atoms with Crippen LogP contribution in [0.4, 0.5) is 0 Å². The number of ketones is 1. The van der Waals surface area contributed by atoms with Crippen molar-refractivity contribution in [1.82, 2.24) is 14.9 Å². The quantitative estimate of drug-likeness (QED) is 0.327. The van der Waals surface area contributed by atoms with Gasteiger partial charge in [-0.3, -0.25) is 19.0 Å². The third-order valence-corrected chi connectivity index (χ3v) is 5.66. The van der Waals surface area contributed by atoms with Crippen LogP contribution in [0.15, 0.2) is 35.8 Å². The van der Waals surface area contributed by atoms with E-state index < -0.39 is 18.5 Å². The number of aromatic nitrogens is 2. The van der Waals surface area contributed by atoms with Crippen LogP contribution in [0, 0.1) is 13.8 Å². The minimum absolute atomic E-state index is 0.311. The number of carbonyl (C=O) groups excluding carboxylic acids is 3. The van der Waals surface area contributed by atoms with E-state index in [9.17, 15) is 14.4 Å². The molecule has 0 saturated carbocycles. The van der Waals surface area contributed by atoms with Gasteiger partial charge < -0.3 is 19.5 Å². The Kier molecular flexibility index (Phi) is 8.42. The number of aryl methyl sites for hydroxylation is 1. The number of hydrogen-bond donors (Lipinski definition) is 1. The van der Waals surface area contributed by atoms with Crippen LogP contribution >= 0.6 is 11.3 Å². The fourth-order valence-corrected chi connectivity index (χ4v) is 4.14. The lowest BCUT2D eigenvalue weighted by Gasteiger charge is -2.12. The Labute approximate surface area is 201 Å². The average Bonchev–Trinajstić information content (AvgIpc) is 3.44. The van der Waals surface area contributed by atoms with E-state index in [-0.39, 0.29) is 12.3 Å². The zero-order valence-corrected chi connectivity index (χ0v) is 20.4. The van der Waals surface area contributed by atoms with Gasteiger partial charge in [-0.15, -0.1) is 11.3 Å². The molecule has 0 saturated heterocycles. The number of ether oxygens (including phenoxy) is 3. The van der Waals surface area contributed by atoms with Gasteiger partial charge in [-0.2, -0.15) is 0 Å². The summed E-state index contributed by atoms with van der Waals surface area (Å²) in [5.74, 6) is -0.539. The lowest BCUT2D eigenvalue weighted by atomic mass is 10.1. The van der Waals surface area contributed by atoms with Gasteiger partial charge in [-0.05, 0) is 52.0 Å². The maximum atomic E-state index is 12.6. The van der Waals surface area contributed by atoms with Gasteiger partial charge in [0.25, 0.3) is 5.91 Å². The van der Waals surface area contributed by atoms with Crippen LogP contribution in [0.1, 0.15) is 46.0 Å². The molecule has 9 nitrogen and oxygen atoms in total. The predicted molar refractivity (Wildman–Crippen MR) is 127 cm³/mol. The molecule has 1 aromatic carbocycles. The Hall–Kier alpha value is -3.66. The molecule has 0 aliphatic rings. The highest BCUT2D eigenvalue weighted by molar-refractivity contribution is 7.12. The number of nitrogens with zero attached hydrogens (tertiary/aromatic N) is 2. The monoisotopic (exact) mass is 485 g/mol. The molecular weight excluding hydrogens is 458 g/mol. The van der Waals surface area contributed by atoms with Gasteiger partial charge in [-0.1, -0.05) is 0 Å². The standard InChI is InChI=1S/C24H27N3O6S/c1-5-31-20-8-7-17(12-21(20)32-6-2)23(30)26-13-22(29)33-14-19(28)18-11-15(3)27(16(18)4)24-25-9-10-34-24/h7-12H,5-6,13-14H2,1-4H3,(H,26,30). The molecule has 34 heavy (non-hydrogen) atoms. The van der Waals surface area contributed by atoms with Crippen molar-refractivity contribution in [2.24, 2.45) is 0 Å². The second-order valence-corrected chi connectivity index (χ2v) is 8.10. The first-order chi connectivity index (χ1) is 16.3. The van der Waals surface area contributed by atoms with Crippen molar-refractivity contribution in [3.8, 4) is 16.6 Å². The number of esters is 1. The molecule has 1 amide bonds. The smallest absolute Gasteiger partial charge is 0.325 e. The molecule has 0 unspecified atom stereocenters. The molecule has 0 fully saturated rings. The van der Waals surface area contributed by atoms with E-state index in [1.54, 1.807) is 30.5 Å². The van der Waals surface area contributed by atoms with Gasteiger partial charge in [0.2, 0.25) is 5.78 Å². The number of carbonyl (C=O) groups is 3. The molecule has 2 heterocycles. The molecule has 3 rings (SSSR count). The fraction of sp³-hybridized carbons (Fsp3) is 0.333. The second kappa shape index (κ2) is 11.5. The van der Waals surface area contributed by atoms with E-state index in [0.29, 0.717) is 35.8 Å². The lowest BCUT2D eigenvalue weighted by Crippen LogP contribution is -2.31. The summed E-state index contributed by atoms with van der Waals surface area (Å²) in [5, 5.41) is 5.11. The molecule has 0 spiro atoms. The van der Waals surface area contributed by atoms with Gasteiger partial charge in [0.1, 0.15) is 6.54 Å². The summed E-state index contributed by atoms with van der Waals surface area (Å²) in [5.41, 5.74) is 2.35. The van der Waals surface area contributed by atoms with Crippen molar-refractivity contribution in [3.05, 3.63) is 58.4 Å². The summed E-state index contributed by atoms with van der Waals surface area (Å²) in [6, 6.07) is 6.52. The SMILES string of the molecule is CCOc1ccc(C(=O)NCC(=O)OCC(=O)c2cc(C)n(-c3nccs3)c2C)cc1OCC. The van der Waals surface area contributed by atoms with Gasteiger partial charge in [-0.25, -0.2) is 4.98 Å². The molecule has 0 atom stereocenters. The number of hydrogen-bond acceptors (Lipinski definition) is 8. The summed E-state index contributed by atoms with van der Waals surface area (Å²) < 4.78 is 18.0. The van der Waals surface area contributed by atoms with Crippen LogP contribution in [0.5, 0.6) is 11.5 Å². The van der Waals surface area contributed by atoms with Gasteiger partial charge in [0.05, 0.1) is 13.2 Å². The molecule has 0 radical (unpaired) electrons. The largest absolute Gasteiger partial charge is 0.490 e. The van der Waals surface area contributed by atoms with Gasteiger partial charge in [0, 0.05) is 34.1 Å². The summed E-state index contributed by atoms with van der Waals surface area (Å²) in [7, 11) is 0. The third kappa shape index (κ3) is 5.82. The second-order valence-electron chi connectivity index (χ2n) is 7.23. The number of rotatable bonds is 11. The molecule has 0 aliphatic carbocycles. The molecule has 3 aromatic rings. The van der Waals surface area contributed by atoms with Crippen LogP contribution < -0.4 is 14.8 Å². The van der Waals surface area contributed by atoms with Crippen molar-refractivity contribution in [3.63, 3.8) is 0 Å².